The third-order valence-corrected chi connectivity index (χ3v) is 4.31. The number of hydrogen-bond acceptors (Lipinski definition) is 2. The number of carbonyl (C=O) groups is 1. The van der Waals surface area contributed by atoms with Gasteiger partial charge in [0.1, 0.15) is 5.75 Å². The van der Waals surface area contributed by atoms with Crippen molar-refractivity contribution >= 4 is 5.91 Å². The molecule has 1 amide bonds. The predicted molar refractivity (Wildman–Crippen MR) is 85.6 cm³/mol. The Morgan fingerprint density at radius 2 is 2.10 bits per heavy atom. The normalized spacial score (nSPS) is 17.0. The molecule has 3 nitrogen and oxygen atoms in total. The summed E-state index contributed by atoms with van der Waals surface area (Å²) in [5.74, 6) is 1.14. The van der Waals surface area contributed by atoms with Gasteiger partial charge >= 0.3 is 0 Å². The predicted octanol–water partition coefficient (Wildman–Crippen LogP) is 3.95. The van der Waals surface area contributed by atoms with Crippen molar-refractivity contribution in [3.05, 3.63) is 42.5 Å². The summed E-state index contributed by atoms with van der Waals surface area (Å²) >= 11 is 0. The number of ether oxygens (including phenoxy) is 1. The molecule has 0 radical (unpaired) electrons. The lowest BCUT2D eigenvalue weighted by atomic mass is 9.82. The topological polar surface area (TPSA) is 38.3 Å². The van der Waals surface area contributed by atoms with E-state index >= 15 is 0 Å². The highest BCUT2D eigenvalue weighted by Crippen LogP contribution is 2.28. The summed E-state index contributed by atoms with van der Waals surface area (Å²) in [6, 6.07) is 7.54. The molecule has 3 heteroatoms. The highest BCUT2D eigenvalue weighted by atomic mass is 16.5. The molecule has 114 valence electrons. The average Bonchev–Trinajstić information content (AvgIpc) is 2.55. The molecular weight excluding hydrogens is 262 g/mol. The van der Waals surface area contributed by atoms with Crippen LogP contribution in [0.25, 0.3) is 0 Å². The molecule has 0 aliphatic heterocycles. The SMILES string of the molecule is C=CCC(NC(=O)c1ccccc1OC)C1CCCCC1. The quantitative estimate of drug-likeness (QED) is 0.805. The maximum absolute atomic E-state index is 12.5. The minimum absolute atomic E-state index is 0.0510. The summed E-state index contributed by atoms with van der Waals surface area (Å²) in [7, 11) is 1.59. The van der Waals surface area contributed by atoms with Crippen LogP contribution in [0, 0.1) is 5.92 Å². The van der Waals surface area contributed by atoms with Gasteiger partial charge in [0.15, 0.2) is 0 Å². The van der Waals surface area contributed by atoms with Gasteiger partial charge in [0, 0.05) is 6.04 Å². The van der Waals surface area contributed by atoms with Crippen LogP contribution in [0.2, 0.25) is 0 Å². The molecule has 0 heterocycles. The number of para-hydroxylation sites is 1. The molecule has 1 aliphatic carbocycles. The Kier molecular flexibility index (Phi) is 5.85. The molecule has 2 rings (SSSR count). The molecule has 1 aromatic carbocycles. The summed E-state index contributed by atoms with van der Waals surface area (Å²) in [4.78, 5) is 12.5. The number of nitrogens with one attached hydrogen (secondary N) is 1. The second-order valence-electron chi connectivity index (χ2n) is 5.70. The van der Waals surface area contributed by atoms with Crippen molar-refractivity contribution in [2.75, 3.05) is 7.11 Å². The smallest absolute Gasteiger partial charge is 0.255 e. The largest absolute Gasteiger partial charge is 0.496 e. The number of methoxy groups -OCH3 is 1. The molecule has 0 saturated heterocycles. The van der Waals surface area contributed by atoms with E-state index in [0.717, 1.165) is 6.42 Å². The summed E-state index contributed by atoms with van der Waals surface area (Å²) in [5, 5.41) is 3.19. The second-order valence-corrected chi connectivity index (χ2v) is 5.70. The van der Waals surface area contributed by atoms with E-state index in [0.29, 0.717) is 17.2 Å². The Morgan fingerprint density at radius 1 is 1.38 bits per heavy atom. The fourth-order valence-corrected chi connectivity index (χ4v) is 3.16. The van der Waals surface area contributed by atoms with Gasteiger partial charge in [0.25, 0.3) is 5.91 Å². The van der Waals surface area contributed by atoms with Crippen molar-refractivity contribution in [3.63, 3.8) is 0 Å². The Bertz CT molecular complexity index is 478. The van der Waals surface area contributed by atoms with E-state index in [1.807, 2.05) is 24.3 Å². The first-order chi connectivity index (χ1) is 10.3. The third-order valence-electron chi connectivity index (χ3n) is 4.31. The zero-order chi connectivity index (χ0) is 15.1. The molecule has 1 saturated carbocycles. The Labute approximate surface area is 127 Å². The summed E-state index contributed by atoms with van der Waals surface area (Å²) < 4.78 is 5.27. The first-order valence-electron chi connectivity index (χ1n) is 7.81. The van der Waals surface area contributed by atoms with Gasteiger partial charge < -0.3 is 10.1 Å². The Hall–Kier alpha value is -1.77. The molecule has 21 heavy (non-hydrogen) atoms. The van der Waals surface area contributed by atoms with Gasteiger partial charge in [-0.15, -0.1) is 6.58 Å². The van der Waals surface area contributed by atoms with Gasteiger partial charge in [0.05, 0.1) is 12.7 Å². The molecule has 0 spiro atoms. The molecule has 1 N–H and O–H groups in total. The second kappa shape index (κ2) is 7.87. The molecule has 0 aromatic heterocycles. The van der Waals surface area contributed by atoms with E-state index in [4.69, 9.17) is 4.74 Å². The minimum atomic E-state index is -0.0510. The van der Waals surface area contributed by atoms with E-state index in [2.05, 4.69) is 11.9 Å². The number of benzene rings is 1. The van der Waals surface area contributed by atoms with Crippen molar-refractivity contribution in [2.45, 2.75) is 44.6 Å². The van der Waals surface area contributed by atoms with Gasteiger partial charge in [-0.05, 0) is 37.3 Å². The van der Waals surface area contributed by atoms with Gasteiger partial charge in [-0.1, -0.05) is 37.5 Å². The number of hydrogen-bond donors (Lipinski definition) is 1. The molecule has 1 unspecified atom stereocenters. The van der Waals surface area contributed by atoms with Crippen LogP contribution >= 0.6 is 0 Å². The van der Waals surface area contributed by atoms with E-state index < -0.39 is 0 Å². The Morgan fingerprint density at radius 3 is 2.76 bits per heavy atom. The number of carbonyl (C=O) groups excluding carboxylic acids is 1. The first-order valence-corrected chi connectivity index (χ1v) is 7.81. The van der Waals surface area contributed by atoms with Crippen LogP contribution in [0.1, 0.15) is 48.9 Å². The number of amides is 1. The van der Waals surface area contributed by atoms with Gasteiger partial charge in [0.2, 0.25) is 0 Å². The van der Waals surface area contributed by atoms with Gasteiger partial charge in [-0.25, -0.2) is 0 Å². The molecule has 0 bridgehead atoms. The molecule has 1 atom stereocenters. The van der Waals surface area contributed by atoms with E-state index in [1.54, 1.807) is 13.2 Å². The highest BCUT2D eigenvalue weighted by molar-refractivity contribution is 5.97. The van der Waals surface area contributed by atoms with Crippen LogP contribution in [-0.2, 0) is 0 Å². The van der Waals surface area contributed by atoms with Gasteiger partial charge in [-0.2, -0.15) is 0 Å². The standard InChI is InChI=1S/C18H25NO2/c1-3-9-16(14-10-5-4-6-11-14)19-18(20)15-12-7-8-13-17(15)21-2/h3,7-8,12-14,16H,1,4-6,9-11H2,2H3,(H,19,20). The van der Waals surface area contributed by atoms with E-state index in [-0.39, 0.29) is 11.9 Å². The van der Waals surface area contributed by atoms with E-state index in [1.165, 1.54) is 32.1 Å². The van der Waals surface area contributed by atoms with Crippen molar-refractivity contribution in [3.8, 4) is 5.75 Å². The number of rotatable bonds is 6. The molecular formula is C18H25NO2. The lowest BCUT2D eigenvalue weighted by Gasteiger charge is -2.30. The summed E-state index contributed by atoms with van der Waals surface area (Å²) in [5.41, 5.74) is 0.602. The van der Waals surface area contributed by atoms with Crippen molar-refractivity contribution < 1.29 is 9.53 Å². The highest BCUT2D eigenvalue weighted by Gasteiger charge is 2.25. The summed E-state index contributed by atoms with van der Waals surface area (Å²) in [6.07, 6.45) is 8.98. The van der Waals surface area contributed by atoms with Crippen LogP contribution in [0.15, 0.2) is 36.9 Å². The zero-order valence-corrected chi connectivity index (χ0v) is 12.8. The molecule has 1 fully saturated rings. The third kappa shape index (κ3) is 4.10. The zero-order valence-electron chi connectivity index (χ0n) is 12.8. The lowest BCUT2D eigenvalue weighted by Crippen LogP contribution is -2.40. The minimum Gasteiger partial charge on any atom is -0.496 e. The van der Waals surface area contributed by atoms with Crippen LogP contribution in [0.5, 0.6) is 5.75 Å². The summed E-state index contributed by atoms with van der Waals surface area (Å²) in [6.45, 7) is 3.83. The van der Waals surface area contributed by atoms with Crippen LogP contribution < -0.4 is 10.1 Å². The molecule has 1 aromatic rings. The van der Waals surface area contributed by atoms with Gasteiger partial charge in [-0.3, -0.25) is 4.79 Å². The van der Waals surface area contributed by atoms with E-state index in [9.17, 15) is 4.79 Å². The fraction of sp³-hybridized carbons (Fsp3) is 0.500. The monoisotopic (exact) mass is 287 g/mol. The average molecular weight is 287 g/mol. The molecule has 1 aliphatic rings. The Balaban J connectivity index is 2.08. The van der Waals surface area contributed by atoms with Crippen molar-refractivity contribution in [1.82, 2.24) is 5.32 Å². The maximum Gasteiger partial charge on any atom is 0.255 e. The maximum atomic E-state index is 12.5. The first kappa shape index (κ1) is 15.6. The van der Waals surface area contributed by atoms with Crippen LogP contribution in [0.4, 0.5) is 0 Å². The van der Waals surface area contributed by atoms with Crippen LogP contribution in [0.3, 0.4) is 0 Å². The van der Waals surface area contributed by atoms with Crippen LogP contribution in [-0.4, -0.2) is 19.1 Å². The van der Waals surface area contributed by atoms with Crippen molar-refractivity contribution in [2.24, 2.45) is 5.92 Å². The lowest BCUT2D eigenvalue weighted by molar-refractivity contribution is 0.0911. The fourth-order valence-electron chi connectivity index (χ4n) is 3.16. The van der Waals surface area contributed by atoms with Crippen molar-refractivity contribution in [1.29, 1.82) is 0 Å².